The van der Waals surface area contributed by atoms with E-state index in [0.717, 1.165) is 17.9 Å². The number of carbonyl (C=O) groups is 1. The third-order valence-corrected chi connectivity index (χ3v) is 5.24. The van der Waals surface area contributed by atoms with Crippen molar-refractivity contribution in [2.24, 2.45) is 0 Å². The van der Waals surface area contributed by atoms with Crippen molar-refractivity contribution in [3.63, 3.8) is 0 Å². The van der Waals surface area contributed by atoms with Crippen LogP contribution < -0.4 is 19.5 Å². The standard InChI is InChI=1S/C21H24N4O4S/c1-5-18-23-24-21(25(18)15-9-7-6-8-10-15)30-13-19(26)22-14-11-16(27-2)20(29-4)17(12-14)28-3/h6-12H,5,13H2,1-4H3,(H,22,26). The first kappa shape index (κ1) is 21.5. The van der Waals surface area contributed by atoms with Crippen LogP contribution in [0.5, 0.6) is 17.2 Å². The van der Waals surface area contributed by atoms with Gasteiger partial charge in [-0.05, 0) is 12.1 Å². The highest BCUT2D eigenvalue weighted by Gasteiger charge is 2.17. The van der Waals surface area contributed by atoms with E-state index in [9.17, 15) is 4.79 Å². The van der Waals surface area contributed by atoms with Gasteiger partial charge in [-0.3, -0.25) is 9.36 Å². The quantitative estimate of drug-likeness (QED) is 0.521. The predicted molar refractivity (Wildman–Crippen MR) is 116 cm³/mol. The lowest BCUT2D eigenvalue weighted by Crippen LogP contribution is -2.15. The molecule has 0 bridgehead atoms. The van der Waals surface area contributed by atoms with Crippen molar-refractivity contribution in [3.05, 3.63) is 48.3 Å². The van der Waals surface area contributed by atoms with E-state index in [1.54, 1.807) is 12.1 Å². The summed E-state index contributed by atoms with van der Waals surface area (Å²) in [6.07, 6.45) is 0.736. The number of rotatable bonds is 9. The lowest BCUT2D eigenvalue weighted by Gasteiger charge is -2.14. The van der Waals surface area contributed by atoms with Crippen molar-refractivity contribution in [2.75, 3.05) is 32.4 Å². The zero-order chi connectivity index (χ0) is 21.5. The van der Waals surface area contributed by atoms with Crippen molar-refractivity contribution in [1.82, 2.24) is 14.8 Å². The molecule has 0 aliphatic heterocycles. The van der Waals surface area contributed by atoms with E-state index in [2.05, 4.69) is 15.5 Å². The average molecular weight is 429 g/mol. The number of aryl methyl sites for hydroxylation is 1. The number of ether oxygens (including phenoxy) is 3. The van der Waals surface area contributed by atoms with Gasteiger partial charge in [0.15, 0.2) is 16.7 Å². The highest BCUT2D eigenvalue weighted by Crippen LogP contribution is 2.40. The number of hydrogen-bond acceptors (Lipinski definition) is 7. The van der Waals surface area contributed by atoms with Crippen molar-refractivity contribution < 1.29 is 19.0 Å². The maximum Gasteiger partial charge on any atom is 0.234 e. The number of nitrogens with one attached hydrogen (secondary N) is 1. The maximum atomic E-state index is 12.6. The van der Waals surface area contributed by atoms with Crippen LogP contribution >= 0.6 is 11.8 Å². The largest absolute Gasteiger partial charge is 0.493 e. The van der Waals surface area contributed by atoms with Gasteiger partial charge in [-0.2, -0.15) is 0 Å². The average Bonchev–Trinajstić information content (AvgIpc) is 3.20. The summed E-state index contributed by atoms with van der Waals surface area (Å²) in [4.78, 5) is 12.6. The summed E-state index contributed by atoms with van der Waals surface area (Å²) in [5.41, 5.74) is 1.51. The predicted octanol–water partition coefficient (Wildman–Crippen LogP) is 3.59. The van der Waals surface area contributed by atoms with E-state index in [1.807, 2.05) is 41.8 Å². The van der Waals surface area contributed by atoms with Crippen LogP contribution in [0.3, 0.4) is 0 Å². The van der Waals surface area contributed by atoms with Crippen LogP contribution in [0.1, 0.15) is 12.7 Å². The van der Waals surface area contributed by atoms with Gasteiger partial charge in [-0.25, -0.2) is 0 Å². The third-order valence-electron chi connectivity index (χ3n) is 4.31. The number of aromatic nitrogens is 3. The Morgan fingerprint density at radius 1 is 1.03 bits per heavy atom. The summed E-state index contributed by atoms with van der Waals surface area (Å²) in [7, 11) is 4.59. The van der Waals surface area contributed by atoms with Crippen LogP contribution in [-0.2, 0) is 11.2 Å². The number of anilines is 1. The minimum absolute atomic E-state index is 0.172. The first-order valence-electron chi connectivity index (χ1n) is 9.33. The second-order valence-corrected chi connectivity index (χ2v) is 7.12. The highest BCUT2D eigenvalue weighted by molar-refractivity contribution is 7.99. The molecule has 0 aliphatic carbocycles. The lowest BCUT2D eigenvalue weighted by atomic mass is 10.2. The summed E-state index contributed by atoms with van der Waals surface area (Å²) in [5.74, 6) is 2.23. The maximum absolute atomic E-state index is 12.6. The number of amides is 1. The highest BCUT2D eigenvalue weighted by atomic mass is 32.2. The molecule has 0 fully saturated rings. The summed E-state index contributed by atoms with van der Waals surface area (Å²) in [5, 5.41) is 12.0. The second-order valence-electron chi connectivity index (χ2n) is 6.17. The molecule has 1 N–H and O–H groups in total. The molecule has 2 aromatic carbocycles. The topological polar surface area (TPSA) is 87.5 Å². The Hall–Kier alpha value is -3.20. The molecule has 0 unspecified atom stereocenters. The monoisotopic (exact) mass is 428 g/mol. The normalized spacial score (nSPS) is 10.5. The van der Waals surface area contributed by atoms with Crippen LogP contribution in [0.4, 0.5) is 5.69 Å². The van der Waals surface area contributed by atoms with Crippen LogP contribution in [0.2, 0.25) is 0 Å². The van der Waals surface area contributed by atoms with E-state index < -0.39 is 0 Å². The second kappa shape index (κ2) is 10.0. The first-order valence-corrected chi connectivity index (χ1v) is 10.3. The van der Waals surface area contributed by atoms with Gasteiger partial charge in [-0.15, -0.1) is 10.2 Å². The molecule has 1 aromatic heterocycles. The van der Waals surface area contributed by atoms with E-state index in [0.29, 0.717) is 28.1 Å². The van der Waals surface area contributed by atoms with Crippen LogP contribution in [0.25, 0.3) is 5.69 Å². The van der Waals surface area contributed by atoms with Crippen LogP contribution in [0, 0.1) is 0 Å². The molecule has 0 saturated heterocycles. The summed E-state index contributed by atoms with van der Waals surface area (Å²) < 4.78 is 17.9. The zero-order valence-electron chi connectivity index (χ0n) is 17.3. The Kier molecular flexibility index (Phi) is 7.18. The van der Waals surface area contributed by atoms with Gasteiger partial charge < -0.3 is 19.5 Å². The number of methoxy groups -OCH3 is 3. The van der Waals surface area contributed by atoms with Gasteiger partial charge in [-0.1, -0.05) is 36.9 Å². The van der Waals surface area contributed by atoms with Gasteiger partial charge in [0, 0.05) is 29.9 Å². The molecule has 1 amide bonds. The molecular weight excluding hydrogens is 404 g/mol. The van der Waals surface area contributed by atoms with E-state index in [1.165, 1.54) is 33.1 Å². The molecule has 3 aromatic rings. The molecule has 0 aliphatic rings. The molecule has 0 radical (unpaired) electrons. The lowest BCUT2D eigenvalue weighted by molar-refractivity contribution is -0.113. The zero-order valence-corrected chi connectivity index (χ0v) is 18.2. The fourth-order valence-corrected chi connectivity index (χ4v) is 3.71. The molecule has 158 valence electrons. The van der Waals surface area contributed by atoms with Crippen molar-refractivity contribution in [2.45, 2.75) is 18.5 Å². The Labute approximate surface area is 179 Å². The van der Waals surface area contributed by atoms with E-state index in [-0.39, 0.29) is 11.7 Å². The Morgan fingerprint density at radius 2 is 1.70 bits per heavy atom. The minimum Gasteiger partial charge on any atom is -0.493 e. The molecule has 0 spiro atoms. The summed E-state index contributed by atoms with van der Waals surface area (Å²) in [6, 6.07) is 13.2. The van der Waals surface area contributed by atoms with Crippen molar-refractivity contribution in [1.29, 1.82) is 0 Å². The van der Waals surface area contributed by atoms with E-state index in [4.69, 9.17) is 14.2 Å². The number of hydrogen-bond donors (Lipinski definition) is 1. The van der Waals surface area contributed by atoms with Crippen molar-refractivity contribution >= 4 is 23.4 Å². The molecule has 9 heteroatoms. The number of para-hydroxylation sites is 1. The molecule has 1 heterocycles. The SMILES string of the molecule is CCc1nnc(SCC(=O)Nc2cc(OC)c(OC)c(OC)c2)n1-c1ccccc1. The molecule has 0 atom stereocenters. The Balaban J connectivity index is 1.74. The van der Waals surface area contributed by atoms with Gasteiger partial charge in [0.05, 0.1) is 27.1 Å². The first-order chi connectivity index (χ1) is 14.6. The number of carbonyl (C=O) groups excluding carboxylic acids is 1. The molecular formula is C21H24N4O4S. The van der Waals surface area contributed by atoms with Crippen LogP contribution in [-0.4, -0.2) is 47.8 Å². The molecule has 0 saturated carbocycles. The van der Waals surface area contributed by atoms with Crippen molar-refractivity contribution in [3.8, 4) is 22.9 Å². The summed E-state index contributed by atoms with van der Waals surface area (Å²) >= 11 is 1.32. The van der Waals surface area contributed by atoms with Gasteiger partial charge in [0.1, 0.15) is 5.82 Å². The Morgan fingerprint density at radius 3 is 2.27 bits per heavy atom. The number of thioether (sulfide) groups is 1. The molecule has 8 nitrogen and oxygen atoms in total. The van der Waals surface area contributed by atoms with E-state index >= 15 is 0 Å². The fourth-order valence-electron chi connectivity index (χ4n) is 2.94. The minimum atomic E-state index is -0.185. The molecule has 3 rings (SSSR count). The van der Waals surface area contributed by atoms with Gasteiger partial charge >= 0.3 is 0 Å². The smallest absolute Gasteiger partial charge is 0.234 e. The number of benzene rings is 2. The summed E-state index contributed by atoms with van der Waals surface area (Å²) in [6.45, 7) is 2.02. The molecule has 30 heavy (non-hydrogen) atoms. The van der Waals surface area contributed by atoms with Gasteiger partial charge in [0.2, 0.25) is 11.7 Å². The third kappa shape index (κ3) is 4.68. The number of nitrogens with zero attached hydrogens (tertiary/aromatic N) is 3. The fraction of sp³-hybridized carbons (Fsp3) is 0.286. The van der Waals surface area contributed by atoms with Crippen LogP contribution in [0.15, 0.2) is 47.6 Å². The Bertz CT molecular complexity index is 982. The van der Waals surface area contributed by atoms with Gasteiger partial charge in [0.25, 0.3) is 0 Å².